The quantitative estimate of drug-likeness (QED) is 0.248. The molecule has 3 nitrogen and oxygen atoms in total. The van der Waals surface area contributed by atoms with Crippen LogP contribution in [0.3, 0.4) is 0 Å². The van der Waals surface area contributed by atoms with Crippen molar-refractivity contribution in [2.45, 2.75) is 37.4 Å². The van der Waals surface area contributed by atoms with Crippen molar-refractivity contribution in [3.8, 4) is 0 Å². The first-order chi connectivity index (χ1) is 10.5. The van der Waals surface area contributed by atoms with E-state index in [9.17, 15) is 13.2 Å². The van der Waals surface area contributed by atoms with E-state index in [1.54, 1.807) is 12.4 Å². The third-order valence-corrected chi connectivity index (χ3v) is 4.69. The van der Waals surface area contributed by atoms with Crippen LogP contribution in [0.15, 0.2) is 27.6 Å². The molecule has 0 bridgehead atoms. The Balaban J connectivity index is 2.24. The minimum absolute atomic E-state index is 0.239. The van der Waals surface area contributed by atoms with Crippen LogP contribution in [0.5, 0.6) is 0 Å². The van der Waals surface area contributed by atoms with Gasteiger partial charge in [-0.1, -0.05) is 30.8 Å². The molecule has 0 aliphatic rings. The number of thiazole rings is 1. The molecule has 0 spiro atoms. The van der Waals surface area contributed by atoms with E-state index in [4.69, 9.17) is 4.84 Å². The largest absolute Gasteiger partial charge is 0.396 e. The molecule has 0 atom stereocenters. The monoisotopic (exact) mass is 352 g/mol. The first kappa shape index (κ1) is 19.0. The Hall–Kier alpha value is -1.02. The number of oxime groups is 1. The third-order valence-electron chi connectivity index (χ3n) is 2.51. The van der Waals surface area contributed by atoms with E-state index in [0.717, 1.165) is 15.6 Å². The summed E-state index contributed by atoms with van der Waals surface area (Å²) >= 11 is 2.70. The lowest BCUT2D eigenvalue weighted by Gasteiger charge is -2.01. The zero-order chi connectivity index (χ0) is 16.4. The number of hydrogen-bond donors (Lipinski definition) is 0. The van der Waals surface area contributed by atoms with Gasteiger partial charge in [-0.2, -0.15) is 8.78 Å². The van der Waals surface area contributed by atoms with E-state index < -0.39 is 11.9 Å². The van der Waals surface area contributed by atoms with Gasteiger partial charge < -0.3 is 4.84 Å². The van der Waals surface area contributed by atoms with Gasteiger partial charge >= 0.3 is 6.08 Å². The molecule has 0 amide bonds. The molecule has 0 aliphatic heterocycles. The summed E-state index contributed by atoms with van der Waals surface area (Å²) in [6.45, 7) is 4.84. The highest BCUT2D eigenvalue weighted by Gasteiger charge is 2.07. The van der Waals surface area contributed by atoms with E-state index in [1.807, 2.05) is 0 Å². The van der Waals surface area contributed by atoms with Crippen LogP contribution in [0.4, 0.5) is 13.2 Å². The summed E-state index contributed by atoms with van der Waals surface area (Å²) < 4.78 is 37.1. The van der Waals surface area contributed by atoms with Crippen LogP contribution in [-0.2, 0) is 11.3 Å². The number of nitrogens with zero attached hydrogens (tertiary/aromatic N) is 2. The molecule has 1 heterocycles. The topological polar surface area (TPSA) is 34.5 Å². The van der Waals surface area contributed by atoms with Crippen LogP contribution >= 0.6 is 23.1 Å². The van der Waals surface area contributed by atoms with Crippen molar-refractivity contribution in [1.82, 2.24) is 4.98 Å². The average Bonchev–Trinajstić information content (AvgIpc) is 2.90. The molecule has 0 radical (unpaired) electrons. The number of rotatable bonds is 10. The molecular weight excluding hydrogens is 333 g/mol. The lowest BCUT2D eigenvalue weighted by molar-refractivity contribution is 0.134. The van der Waals surface area contributed by atoms with E-state index >= 15 is 0 Å². The highest BCUT2D eigenvalue weighted by Crippen LogP contribution is 2.26. The number of thioether (sulfide) groups is 1. The van der Waals surface area contributed by atoms with Crippen LogP contribution in [0.25, 0.3) is 0 Å². The Kier molecular flexibility index (Phi) is 9.22. The van der Waals surface area contributed by atoms with Gasteiger partial charge in [-0.05, 0) is 12.3 Å². The summed E-state index contributed by atoms with van der Waals surface area (Å²) in [5.74, 6) is -0.528. The first-order valence-corrected chi connectivity index (χ1v) is 8.70. The van der Waals surface area contributed by atoms with Gasteiger partial charge in [-0.3, -0.25) is 0 Å². The maximum atomic E-state index is 12.6. The van der Waals surface area contributed by atoms with Crippen molar-refractivity contribution in [2.24, 2.45) is 11.1 Å². The summed E-state index contributed by atoms with van der Waals surface area (Å²) in [6.07, 6.45) is 2.41. The molecule has 124 valence electrons. The Labute approximate surface area is 136 Å². The fourth-order valence-corrected chi connectivity index (χ4v) is 3.28. The fraction of sp³-hybridized carbons (Fsp3) is 0.571. The van der Waals surface area contributed by atoms with Gasteiger partial charge in [-0.15, -0.1) is 11.3 Å². The molecule has 0 saturated heterocycles. The van der Waals surface area contributed by atoms with Crippen molar-refractivity contribution < 1.29 is 18.0 Å². The van der Waals surface area contributed by atoms with E-state index in [2.05, 4.69) is 24.0 Å². The summed E-state index contributed by atoms with van der Waals surface area (Å²) in [5.41, 5.74) is 0. The second kappa shape index (κ2) is 10.7. The Morgan fingerprint density at radius 1 is 1.45 bits per heavy atom. The summed E-state index contributed by atoms with van der Waals surface area (Å²) in [7, 11) is 0. The van der Waals surface area contributed by atoms with Crippen LogP contribution < -0.4 is 0 Å². The number of allylic oxidation sites excluding steroid dienone is 1. The maximum absolute atomic E-state index is 12.6. The molecule has 1 rings (SSSR count). The normalized spacial score (nSPS) is 11.4. The zero-order valence-corrected chi connectivity index (χ0v) is 14.2. The van der Waals surface area contributed by atoms with Crippen LogP contribution in [-0.4, -0.2) is 23.6 Å². The van der Waals surface area contributed by atoms with Gasteiger partial charge in [0.1, 0.15) is 10.9 Å². The standard InChI is InChI=1S/C14H19F3N2OS2/c1-10(2)4-7-20-19-6-3-11-9-18-14(22-11)21-8-5-12(15)13(16)17/h6,9-10H,3-5,7-8H2,1-2H3/b19-6+. The fourth-order valence-electron chi connectivity index (χ4n) is 1.29. The zero-order valence-electron chi connectivity index (χ0n) is 12.5. The summed E-state index contributed by atoms with van der Waals surface area (Å²) in [4.78, 5) is 10.3. The Bertz CT molecular complexity index is 500. The summed E-state index contributed by atoms with van der Waals surface area (Å²) in [6, 6.07) is 0. The predicted molar refractivity (Wildman–Crippen MR) is 85.4 cm³/mol. The number of halogens is 3. The summed E-state index contributed by atoms with van der Waals surface area (Å²) in [5, 5.41) is 3.86. The minimum Gasteiger partial charge on any atom is -0.396 e. The highest BCUT2D eigenvalue weighted by molar-refractivity contribution is 8.01. The molecule has 8 heteroatoms. The van der Waals surface area contributed by atoms with Gasteiger partial charge in [0.2, 0.25) is 0 Å². The maximum Gasteiger partial charge on any atom is 0.301 e. The lowest BCUT2D eigenvalue weighted by atomic mass is 10.1. The Morgan fingerprint density at radius 3 is 2.91 bits per heavy atom. The molecule has 1 aromatic rings. The second-order valence-electron chi connectivity index (χ2n) is 4.86. The molecular formula is C14H19F3N2OS2. The van der Waals surface area contributed by atoms with Gasteiger partial charge in [0, 0.05) is 35.9 Å². The third kappa shape index (κ3) is 8.43. The van der Waals surface area contributed by atoms with Crippen molar-refractivity contribution >= 4 is 29.3 Å². The molecule has 0 fully saturated rings. The second-order valence-corrected chi connectivity index (χ2v) is 7.32. The van der Waals surface area contributed by atoms with E-state index in [-0.39, 0.29) is 12.2 Å². The average molecular weight is 352 g/mol. The van der Waals surface area contributed by atoms with Crippen LogP contribution in [0, 0.1) is 5.92 Å². The molecule has 0 aliphatic carbocycles. The lowest BCUT2D eigenvalue weighted by Crippen LogP contribution is -1.95. The van der Waals surface area contributed by atoms with Crippen molar-refractivity contribution in [3.63, 3.8) is 0 Å². The predicted octanol–water partition coefficient (Wildman–Crippen LogP) is 5.29. The first-order valence-electron chi connectivity index (χ1n) is 6.90. The van der Waals surface area contributed by atoms with Crippen molar-refractivity contribution in [3.05, 3.63) is 23.0 Å². The van der Waals surface area contributed by atoms with Crippen LogP contribution in [0.2, 0.25) is 0 Å². The molecule has 1 aromatic heterocycles. The van der Waals surface area contributed by atoms with E-state index in [1.165, 1.54) is 23.1 Å². The molecule has 22 heavy (non-hydrogen) atoms. The minimum atomic E-state index is -2.24. The molecule has 0 aromatic carbocycles. The van der Waals surface area contributed by atoms with Gasteiger partial charge in [0.05, 0.1) is 0 Å². The molecule has 0 N–H and O–H groups in total. The van der Waals surface area contributed by atoms with Gasteiger partial charge in [0.25, 0.3) is 0 Å². The van der Waals surface area contributed by atoms with E-state index in [0.29, 0.717) is 18.9 Å². The number of aromatic nitrogens is 1. The number of hydrogen-bond acceptors (Lipinski definition) is 5. The highest BCUT2D eigenvalue weighted by atomic mass is 32.2. The van der Waals surface area contributed by atoms with Crippen molar-refractivity contribution in [1.29, 1.82) is 0 Å². The molecule has 0 saturated carbocycles. The SMILES string of the molecule is CC(C)CCO/N=C/Cc1cnc(SCCC(F)=C(F)F)s1. The van der Waals surface area contributed by atoms with Gasteiger partial charge in [0.15, 0.2) is 5.83 Å². The Morgan fingerprint density at radius 2 is 2.23 bits per heavy atom. The molecule has 0 unspecified atom stereocenters. The van der Waals surface area contributed by atoms with Crippen LogP contribution in [0.1, 0.15) is 31.6 Å². The smallest absolute Gasteiger partial charge is 0.301 e. The van der Waals surface area contributed by atoms with Crippen molar-refractivity contribution in [2.75, 3.05) is 12.4 Å². The van der Waals surface area contributed by atoms with Gasteiger partial charge in [-0.25, -0.2) is 9.37 Å².